The first-order valence-electron chi connectivity index (χ1n) is 6.70. The van der Waals surface area contributed by atoms with Crippen molar-refractivity contribution in [3.8, 4) is 0 Å². The minimum Gasteiger partial charge on any atom is -0.316 e. The molecule has 1 N–H and O–H groups in total. The van der Waals surface area contributed by atoms with Crippen molar-refractivity contribution in [2.24, 2.45) is 5.92 Å². The fourth-order valence-corrected chi connectivity index (χ4v) is 2.42. The standard InChI is InChI=1S/C14H23N3/c1-2-17(10-6-13-3-9-16-11-13)12-14-4-7-15-8-5-14/h4-5,7-8,13,16H,2-3,6,9-12H2,1H3. The molecule has 1 atom stereocenters. The summed E-state index contributed by atoms with van der Waals surface area (Å²) >= 11 is 0. The van der Waals surface area contributed by atoms with E-state index in [0.29, 0.717) is 0 Å². The fourth-order valence-electron chi connectivity index (χ4n) is 2.42. The van der Waals surface area contributed by atoms with Gasteiger partial charge in [-0.1, -0.05) is 6.92 Å². The van der Waals surface area contributed by atoms with Crippen LogP contribution in [0.3, 0.4) is 0 Å². The van der Waals surface area contributed by atoms with E-state index in [-0.39, 0.29) is 0 Å². The van der Waals surface area contributed by atoms with Gasteiger partial charge in [-0.05, 0) is 62.6 Å². The number of nitrogens with one attached hydrogen (secondary N) is 1. The second-order valence-electron chi connectivity index (χ2n) is 4.87. The van der Waals surface area contributed by atoms with E-state index in [1.807, 2.05) is 12.4 Å². The summed E-state index contributed by atoms with van der Waals surface area (Å²) in [5, 5.41) is 3.44. The quantitative estimate of drug-likeness (QED) is 0.813. The number of aromatic nitrogens is 1. The molecule has 0 aliphatic carbocycles. The molecule has 1 saturated heterocycles. The lowest BCUT2D eigenvalue weighted by atomic mass is 10.0. The Morgan fingerprint density at radius 2 is 2.24 bits per heavy atom. The van der Waals surface area contributed by atoms with E-state index < -0.39 is 0 Å². The van der Waals surface area contributed by atoms with Gasteiger partial charge >= 0.3 is 0 Å². The molecule has 17 heavy (non-hydrogen) atoms. The number of nitrogens with zero attached hydrogens (tertiary/aromatic N) is 2. The Bertz CT molecular complexity index is 307. The molecular formula is C14H23N3. The predicted molar refractivity (Wildman–Crippen MR) is 70.8 cm³/mol. The predicted octanol–water partition coefficient (Wildman–Crippen LogP) is 1.90. The number of hydrogen-bond acceptors (Lipinski definition) is 3. The summed E-state index contributed by atoms with van der Waals surface area (Å²) in [6, 6.07) is 4.22. The molecular weight excluding hydrogens is 210 g/mol. The van der Waals surface area contributed by atoms with Gasteiger partial charge in [0.25, 0.3) is 0 Å². The molecule has 3 nitrogen and oxygen atoms in total. The minimum atomic E-state index is 0.890. The van der Waals surface area contributed by atoms with Crippen molar-refractivity contribution in [2.45, 2.75) is 26.3 Å². The zero-order valence-electron chi connectivity index (χ0n) is 10.7. The SMILES string of the molecule is CCN(CCC1CCNC1)Cc1ccncc1. The second kappa shape index (κ2) is 6.72. The Balaban J connectivity index is 1.76. The maximum atomic E-state index is 4.06. The lowest BCUT2D eigenvalue weighted by Gasteiger charge is -2.22. The van der Waals surface area contributed by atoms with Gasteiger partial charge in [0.1, 0.15) is 0 Å². The topological polar surface area (TPSA) is 28.2 Å². The van der Waals surface area contributed by atoms with E-state index in [1.54, 1.807) is 0 Å². The maximum Gasteiger partial charge on any atom is 0.0271 e. The highest BCUT2D eigenvalue weighted by atomic mass is 15.1. The molecule has 1 fully saturated rings. The van der Waals surface area contributed by atoms with E-state index in [0.717, 1.165) is 19.0 Å². The van der Waals surface area contributed by atoms with Crippen molar-refractivity contribution in [1.82, 2.24) is 15.2 Å². The molecule has 94 valence electrons. The van der Waals surface area contributed by atoms with Crippen molar-refractivity contribution < 1.29 is 0 Å². The maximum absolute atomic E-state index is 4.06. The van der Waals surface area contributed by atoms with Crippen LogP contribution in [-0.2, 0) is 6.54 Å². The average Bonchev–Trinajstić information content (AvgIpc) is 2.89. The normalized spacial score (nSPS) is 20.0. The van der Waals surface area contributed by atoms with Crippen LogP contribution in [0.1, 0.15) is 25.3 Å². The molecule has 0 amide bonds. The van der Waals surface area contributed by atoms with E-state index in [4.69, 9.17) is 0 Å². The Hall–Kier alpha value is -0.930. The highest BCUT2D eigenvalue weighted by Crippen LogP contribution is 2.13. The van der Waals surface area contributed by atoms with E-state index in [2.05, 4.69) is 34.3 Å². The highest BCUT2D eigenvalue weighted by molar-refractivity contribution is 5.09. The van der Waals surface area contributed by atoms with E-state index in [9.17, 15) is 0 Å². The summed E-state index contributed by atoms with van der Waals surface area (Å²) in [7, 11) is 0. The molecule has 2 heterocycles. The minimum absolute atomic E-state index is 0.890. The Labute approximate surface area is 104 Å². The van der Waals surface area contributed by atoms with Gasteiger partial charge in [0.15, 0.2) is 0 Å². The fraction of sp³-hybridized carbons (Fsp3) is 0.643. The molecule has 0 radical (unpaired) electrons. The molecule has 0 bridgehead atoms. The molecule has 0 saturated carbocycles. The summed E-state index contributed by atoms with van der Waals surface area (Å²) in [5.41, 5.74) is 1.37. The van der Waals surface area contributed by atoms with Crippen LogP contribution in [0.15, 0.2) is 24.5 Å². The second-order valence-corrected chi connectivity index (χ2v) is 4.87. The van der Waals surface area contributed by atoms with E-state index in [1.165, 1.54) is 38.0 Å². The summed E-state index contributed by atoms with van der Waals surface area (Å²) in [6.45, 7) is 8.06. The van der Waals surface area contributed by atoms with Crippen LogP contribution in [0.25, 0.3) is 0 Å². The number of pyridine rings is 1. The smallest absolute Gasteiger partial charge is 0.0271 e. The highest BCUT2D eigenvalue weighted by Gasteiger charge is 2.15. The zero-order chi connectivity index (χ0) is 11.9. The van der Waals surface area contributed by atoms with Crippen LogP contribution >= 0.6 is 0 Å². The van der Waals surface area contributed by atoms with Crippen LogP contribution in [-0.4, -0.2) is 36.1 Å². The van der Waals surface area contributed by atoms with Crippen molar-refractivity contribution >= 4 is 0 Å². The van der Waals surface area contributed by atoms with Gasteiger partial charge in [0, 0.05) is 18.9 Å². The first-order chi connectivity index (χ1) is 8.38. The summed E-state index contributed by atoms with van der Waals surface area (Å²) < 4.78 is 0. The molecule has 0 spiro atoms. The first-order valence-corrected chi connectivity index (χ1v) is 6.70. The van der Waals surface area contributed by atoms with E-state index >= 15 is 0 Å². The summed E-state index contributed by atoms with van der Waals surface area (Å²) in [5.74, 6) is 0.890. The lowest BCUT2D eigenvalue weighted by Crippen LogP contribution is -2.26. The third kappa shape index (κ3) is 4.10. The van der Waals surface area contributed by atoms with Gasteiger partial charge in [-0.15, -0.1) is 0 Å². The molecule has 1 aliphatic heterocycles. The van der Waals surface area contributed by atoms with Crippen LogP contribution in [0, 0.1) is 5.92 Å². The summed E-state index contributed by atoms with van der Waals surface area (Å²) in [4.78, 5) is 6.58. The van der Waals surface area contributed by atoms with Gasteiger partial charge < -0.3 is 5.32 Å². The van der Waals surface area contributed by atoms with Gasteiger partial charge in [-0.2, -0.15) is 0 Å². The summed E-state index contributed by atoms with van der Waals surface area (Å²) in [6.07, 6.45) is 6.44. The molecule has 1 unspecified atom stereocenters. The molecule has 1 aromatic heterocycles. The van der Waals surface area contributed by atoms with Gasteiger partial charge in [-0.3, -0.25) is 9.88 Å². The third-order valence-corrected chi connectivity index (χ3v) is 3.62. The van der Waals surface area contributed by atoms with Gasteiger partial charge in [-0.25, -0.2) is 0 Å². The number of rotatable bonds is 6. The van der Waals surface area contributed by atoms with Crippen molar-refractivity contribution in [1.29, 1.82) is 0 Å². The van der Waals surface area contributed by atoms with Crippen LogP contribution in [0.4, 0.5) is 0 Å². The molecule has 3 heteroatoms. The zero-order valence-corrected chi connectivity index (χ0v) is 10.7. The first kappa shape index (κ1) is 12.5. The van der Waals surface area contributed by atoms with Crippen molar-refractivity contribution in [3.05, 3.63) is 30.1 Å². The van der Waals surface area contributed by atoms with Gasteiger partial charge in [0.2, 0.25) is 0 Å². The molecule has 1 aliphatic rings. The van der Waals surface area contributed by atoms with Crippen LogP contribution < -0.4 is 5.32 Å². The Morgan fingerprint density at radius 3 is 2.88 bits per heavy atom. The monoisotopic (exact) mass is 233 g/mol. The van der Waals surface area contributed by atoms with Gasteiger partial charge in [0.05, 0.1) is 0 Å². The largest absolute Gasteiger partial charge is 0.316 e. The average molecular weight is 233 g/mol. The Kier molecular flexibility index (Phi) is 4.95. The molecule has 1 aromatic rings. The van der Waals surface area contributed by atoms with Crippen LogP contribution in [0.2, 0.25) is 0 Å². The third-order valence-electron chi connectivity index (χ3n) is 3.62. The van der Waals surface area contributed by atoms with Crippen molar-refractivity contribution in [2.75, 3.05) is 26.2 Å². The Morgan fingerprint density at radius 1 is 1.41 bits per heavy atom. The number of hydrogen-bond donors (Lipinski definition) is 1. The lowest BCUT2D eigenvalue weighted by molar-refractivity contribution is 0.258. The van der Waals surface area contributed by atoms with Crippen LogP contribution in [0.5, 0.6) is 0 Å². The molecule has 2 rings (SSSR count). The molecule has 0 aromatic carbocycles. The van der Waals surface area contributed by atoms with Crippen molar-refractivity contribution in [3.63, 3.8) is 0 Å².